The molecule has 92 valence electrons. The first kappa shape index (κ1) is 12.1. The molecule has 7 heteroatoms. The van der Waals surface area contributed by atoms with Gasteiger partial charge in [-0.05, 0) is 6.07 Å². The van der Waals surface area contributed by atoms with E-state index in [0.717, 1.165) is 0 Å². The van der Waals surface area contributed by atoms with Gasteiger partial charge in [0, 0.05) is 13.1 Å². The molecule has 0 bridgehead atoms. The van der Waals surface area contributed by atoms with Crippen molar-refractivity contribution in [1.29, 1.82) is 0 Å². The molecule has 0 atom stereocenters. The molecule has 1 aromatic heterocycles. The van der Waals surface area contributed by atoms with Crippen LogP contribution in [-0.4, -0.2) is 42.2 Å². The Bertz CT molecular complexity index is 421. The zero-order valence-corrected chi connectivity index (χ0v) is 9.91. The number of nitrogens with two attached hydrogens (primary N) is 1. The summed E-state index contributed by atoms with van der Waals surface area (Å²) in [6, 6.07) is 1.45. The van der Waals surface area contributed by atoms with Crippen molar-refractivity contribution < 1.29 is 9.53 Å². The van der Waals surface area contributed by atoms with E-state index in [2.05, 4.69) is 10.4 Å². The van der Waals surface area contributed by atoms with E-state index in [0.29, 0.717) is 37.6 Å². The Morgan fingerprint density at radius 2 is 2.24 bits per heavy atom. The van der Waals surface area contributed by atoms with Crippen molar-refractivity contribution in [3.8, 4) is 0 Å². The molecule has 0 radical (unpaired) electrons. The van der Waals surface area contributed by atoms with Gasteiger partial charge >= 0.3 is 0 Å². The minimum atomic E-state index is -0.284. The number of rotatable bonds is 2. The average molecular weight is 257 g/mol. The van der Waals surface area contributed by atoms with Crippen molar-refractivity contribution in [3.63, 3.8) is 0 Å². The predicted octanol–water partition coefficient (Wildman–Crippen LogP) is 0.294. The van der Waals surface area contributed by atoms with Crippen LogP contribution in [0, 0.1) is 0 Å². The van der Waals surface area contributed by atoms with E-state index in [-0.39, 0.29) is 11.1 Å². The zero-order valence-electron chi connectivity index (χ0n) is 9.15. The number of amides is 1. The molecule has 3 N–H and O–H groups in total. The largest absolute Gasteiger partial charge is 0.397 e. The lowest BCUT2D eigenvalue weighted by Crippen LogP contribution is -2.48. The number of ether oxygens (including phenoxy) is 1. The predicted molar refractivity (Wildman–Crippen MR) is 63.5 cm³/mol. The zero-order chi connectivity index (χ0) is 12.3. The van der Waals surface area contributed by atoms with Crippen LogP contribution in [0.3, 0.4) is 0 Å². The number of hydrogen-bond acceptors (Lipinski definition) is 5. The maximum absolute atomic E-state index is 11.9. The molecule has 17 heavy (non-hydrogen) atoms. The lowest BCUT2D eigenvalue weighted by atomic mass is 10.2. The number of hydrazine groups is 1. The third kappa shape index (κ3) is 3.06. The molecule has 0 spiro atoms. The van der Waals surface area contributed by atoms with Crippen LogP contribution in [0.25, 0.3) is 0 Å². The molecule has 0 aliphatic carbocycles. The van der Waals surface area contributed by atoms with E-state index >= 15 is 0 Å². The number of morpholine rings is 1. The SMILES string of the molecule is Nc1cnc(Cl)cc1C(=O)NN1CCOCC1. The smallest absolute Gasteiger partial charge is 0.267 e. The van der Waals surface area contributed by atoms with Crippen LogP contribution < -0.4 is 11.2 Å². The van der Waals surface area contributed by atoms with Gasteiger partial charge in [-0.25, -0.2) is 9.99 Å². The summed E-state index contributed by atoms with van der Waals surface area (Å²) in [5.74, 6) is -0.284. The Morgan fingerprint density at radius 3 is 2.94 bits per heavy atom. The van der Waals surface area contributed by atoms with E-state index in [4.69, 9.17) is 22.1 Å². The summed E-state index contributed by atoms with van der Waals surface area (Å²) < 4.78 is 5.18. The highest BCUT2D eigenvalue weighted by Crippen LogP contribution is 2.14. The van der Waals surface area contributed by atoms with Crippen molar-refractivity contribution in [2.75, 3.05) is 32.0 Å². The van der Waals surface area contributed by atoms with Gasteiger partial charge in [0.05, 0.1) is 30.7 Å². The normalized spacial score (nSPS) is 16.8. The number of nitrogen functional groups attached to an aromatic ring is 1. The summed E-state index contributed by atoms with van der Waals surface area (Å²) in [6.07, 6.45) is 1.37. The average Bonchev–Trinajstić information content (AvgIpc) is 2.33. The maximum Gasteiger partial charge on any atom is 0.267 e. The minimum Gasteiger partial charge on any atom is -0.397 e. The Balaban J connectivity index is 2.05. The molecule has 1 aromatic rings. The molecule has 1 saturated heterocycles. The third-order valence-electron chi connectivity index (χ3n) is 2.42. The topological polar surface area (TPSA) is 80.5 Å². The molecule has 0 aromatic carbocycles. The summed E-state index contributed by atoms with van der Waals surface area (Å²) in [5, 5.41) is 2.03. The first-order valence-electron chi connectivity index (χ1n) is 5.21. The lowest BCUT2D eigenvalue weighted by molar-refractivity contribution is 0.0126. The second-order valence-electron chi connectivity index (χ2n) is 3.63. The van der Waals surface area contributed by atoms with Crippen LogP contribution in [0.15, 0.2) is 12.3 Å². The van der Waals surface area contributed by atoms with E-state index in [1.165, 1.54) is 12.3 Å². The molecule has 0 unspecified atom stereocenters. The van der Waals surface area contributed by atoms with Gasteiger partial charge in [-0.3, -0.25) is 10.2 Å². The van der Waals surface area contributed by atoms with Gasteiger partial charge in [-0.1, -0.05) is 11.6 Å². The van der Waals surface area contributed by atoms with E-state index in [1.807, 2.05) is 0 Å². The van der Waals surface area contributed by atoms with Gasteiger partial charge in [0.15, 0.2) is 0 Å². The Labute approximate surface area is 104 Å². The molecule has 0 saturated carbocycles. The molecule has 2 rings (SSSR count). The van der Waals surface area contributed by atoms with Crippen molar-refractivity contribution in [2.45, 2.75) is 0 Å². The summed E-state index contributed by atoms with van der Waals surface area (Å²) >= 11 is 5.72. The number of carbonyl (C=O) groups excluding carboxylic acids is 1. The fraction of sp³-hybridized carbons (Fsp3) is 0.400. The minimum absolute atomic E-state index is 0.242. The molecular weight excluding hydrogens is 244 g/mol. The molecule has 2 heterocycles. The molecule has 1 aliphatic rings. The number of halogens is 1. The second-order valence-corrected chi connectivity index (χ2v) is 4.02. The fourth-order valence-corrected chi connectivity index (χ4v) is 1.67. The lowest BCUT2D eigenvalue weighted by Gasteiger charge is -2.27. The van der Waals surface area contributed by atoms with Gasteiger partial charge in [-0.15, -0.1) is 0 Å². The summed E-state index contributed by atoms with van der Waals surface area (Å²) in [7, 11) is 0. The van der Waals surface area contributed by atoms with Crippen molar-refractivity contribution >= 4 is 23.2 Å². The van der Waals surface area contributed by atoms with Gasteiger partial charge in [-0.2, -0.15) is 0 Å². The maximum atomic E-state index is 11.9. The van der Waals surface area contributed by atoms with Crippen LogP contribution in [0.5, 0.6) is 0 Å². The quantitative estimate of drug-likeness (QED) is 0.744. The summed E-state index contributed by atoms with van der Waals surface area (Å²) in [5.41, 5.74) is 9.06. The summed E-state index contributed by atoms with van der Waals surface area (Å²) in [4.78, 5) is 15.7. The number of nitrogens with zero attached hydrogens (tertiary/aromatic N) is 2. The Hall–Kier alpha value is -1.37. The molecule has 1 fully saturated rings. The van der Waals surface area contributed by atoms with Crippen LogP contribution in [-0.2, 0) is 4.74 Å². The van der Waals surface area contributed by atoms with Crippen LogP contribution in [0.4, 0.5) is 5.69 Å². The number of anilines is 1. The van der Waals surface area contributed by atoms with Crippen LogP contribution in [0.2, 0.25) is 5.15 Å². The number of carbonyl (C=O) groups is 1. The number of hydrogen-bond donors (Lipinski definition) is 2. The third-order valence-corrected chi connectivity index (χ3v) is 2.62. The number of pyridine rings is 1. The van der Waals surface area contributed by atoms with Crippen molar-refractivity contribution in [3.05, 3.63) is 23.0 Å². The van der Waals surface area contributed by atoms with Gasteiger partial charge < -0.3 is 10.5 Å². The van der Waals surface area contributed by atoms with Gasteiger partial charge in [0.1, 0.15) is 5.15 Å². The monoisotopic (exact) mass is 256 g/mol. The van der Waals surface area contributed by atoms with Gasteiger partial charge in [0.25, 0.3) is 5.91 Å². The highest BCUT2D eigenvalue weighted by atomic mass is 35.5. The van der Waals surface area contributed by atoms with Crippen LogP contribution >= 0.6 is 11.6 Å². The molecule has 1 amide bonds. The highest BCUT2D eigenvalue weighted by molar-refractivity contribution is 6.29. The standard InChI is InChI=1S/C10H13ClN4O2/c11-9-5-7(8(12)6-13-9)10(16)14-15-1-3-17-4-2-15/h5-6H,1-4,12H2,(H,14,16). The number of nitrogens with one attached hydrogen (secondary N) is 1. The first-order valence-corrected chi connectivity index (χ1v) is 5.59. The van der Waals surface area contributed by atoms with E-state index in [1.54, 1.807) is 5.01 Å². The fourth-order valence-electron chi connectivity index (χ4n) is 1.52. The Morgan fingerprint density at radius 1 is 1.53 bits per heavy atom. The van der Waals surface area contributed by atoms with Crippen molar-refractivity contribution in [1.82, 2.24) is 15.4 Å². The molecule has 6 nitrogen and oxygen atoms in total. The van der Waals surface area contributed by atoms with Crippen molar-refractivity contribution in [2.24, 2.45) is 0 Å². The molecule has 1 aliphatic heterocycles. The Kier molecular flexibility index (Phi) is 3.78. The highest BCUT2D eigenvalue weighted by Gasteiger charge is 2.16. The van der Waals surface area contributed by atoms with E-state index in [9.17, 15) is 4.79 Å². The van der Waals surface area contributed by atoms with Gasteiger partial charge in [0.2, 0.25) is 0 Å². The van der Waals surface area contributed by atoms with E-state index < -0.39 is 0 Å². The van der Waals surface area contributed by atoms with Crippen LogP contribution in [0.1, 0.15) is 10.4 Å². The first-order chi connectivity index (χ1) is 8.16. The number of aromatic nitrogens is 1. The summed E-state index contributed by atoms with van der Waals surface area (Å²) in [6.45, 7) is 2.52. The second kappa shape index (κ2) is 5.31. The molecular formula is C10H13ClN4O2.